The quantitative estimate of drug-likeness (QED) is 0.748. The van der Waals surface area contributed by atoms with E-state index in [1.807, 2.05) is 36.4 Å². The Bertz CT molecular complexity index is 522. The van der Waals surface area contributed by atoms with Gasteiger partial charge in [0, 0.05) is 15.7 Å². The molecule has 3 heteroatoms. The van der Waals surface area contributed by atoms with Gasteiger partial charge in [0.05, 0.1) is 6.10 Å². The molecule has 0 aliphatic heterocycles. The number of hydrogen-bond donors (Lipinski definition) is 1. The zero-order valence-corrected chi connectivity index (χ0v) is 13.1. The predicted octanol–water partition coefficient (Wildman–Crippen LogP) is 5.12. The maximum atomic E-state index is 10.2. The Morgan fingerprint density at radius 1 is 1.05 bits per heavy atom. The number of halogens is 1. The average Bonchev–Trinajstić information content (AvgIpc) is 2.47. The van der Waals surface area contributed by atoms with E-state index >= 15 is 0 Å². The number of aliphatic hydroxyl groups excluding tert-OH is 1. The van der Waals surface area contributed by atoms with E-state index in [1.54, 1.807) is 11.8 Å². The third kappa shape index (κ3) is 4.55. The SMILES string of the molecule is CCCc1ccc(C(O)CSc2ccc(Cl)cc2)cc1. The van der Waals surface area contributed by atoms with Crippen LogP contribution in [0, 0.1) is 0 Å². The van der Waals surface area contributed by atoms with E-state index in [2.05, 4.69) is 19.1 Å². The van der Waals surface area contributed by atoms with Gasteiger partial charge in [-0.25, -0.2) is 0 Å². The largest absolute Gasteiger partial charge is 0.388 e. The number of hydrogen-bond acceptors (Lipinski definition) is 2. The molecule has 106 valence electrons. The minimum Gasteiger partial charge on any atom is -0.388 e. The highest BCUT2D eigenvalue weighted by atomic mass is 35.5. The smallest absolute Gasteiger partial charge is 0.0883 e. The van der Waals surface area contributed by atoms with Gasteiger partial charge in [-0.05, 0) is 41.8 Å². The van der Waals surface area contributed by atoms with Crippen molar-refractivity contribution in [2.75, 3.05) is 5.75 Å². The van der Waals surface area contributed by atoms with Crippen LogP contribution in [0.1, 0.15) is 30.6 Å². The van der Waals surface area contributed by atoms with Crippen LogP contribution < -0.4 is 0 Å². The molecule has 1 nitrogen and oxygen atoms in total. The van der Waals surface area contributed by atoms with Gasteiger partial charge < -0.3 is 5.11 Å². The molecule has 0 saturated heterocycles. The number of aliphatic hydroxyl groups is 1. The molecule has 1 unspecified atom stereocenters. The minimum absolute atomic E-state index is 0.439. The Balaban J connectivity index is 1.90. The fraction of sp³-hybridized carbons (Fsp3) is 0.294. The van der Waals surface area contributed by atoms with Crippen molar-refractivity contribution in [3.8, 4) is 0 Å². The van der Waals surface area contributed by atoms with Gasteiger partial charge in [0.25, 0.3) is 0 Å². The van der Waals surface area contributed by atoms with Gasteiger partial charge in [-0.15, -0.1) is 11.8 Å². The first kappa shape index (κ1) is 15.4. The van der Waals surface area contributed by atoms with Crippen molar-refractivity contribution in [2.24, 2.45) is 0 Å². The number of rotatable bonds is 6. The lowest BCUT2D eigenvalue weighted by molar-refractivity contribution is 0.204. The molecule has 2 aromatic rings. The molecular weight excluding hydrogens is 288 g/mol. The summed E-state index contributed by atoms with van der Waals surface area (Å²) in [5.41, 5.74) is 2.31. The molecule has 0 fully saturated rings. The van der Waals surface area contributed by atoms with Crippen molar-refractivity contribution in [2.45, 2.75) is 30.8 Å². The highest BCUT2D eigenvalue weighted by Gasteiger charge is 2.08. The van der Waals surface area contributed by atoms with Crippen LogP contribution in [0.25, 0.3) is 0 Å². The second-order valence-corrected chi connectivity index (χ2v) is 6.30. The van der Waals surface area contributed by atoms with E-state index in [4.69, 9.17) is 11.6 Å². The summed E-state index contributed by atoms with van der Waals surface area (Å²) in [5.74, 6) is 0.648. The Labute approximate surface area is 130 Å². The van der Waals surface area contributed by atoms with Crippen LogP contribution in [0.3, 0.4) is 0 Å². The van der Waals surface area contributed by atoms with Gasteiger partial charge in [0.15, 0.2) is 0 Å². The molecule has 0 saturated carbocycles. The molecule has 2 aromatic carbocycles. The molecule has 0 spiro atoms. The van der Waals surface area contributed by atoms with Gasteiger partial charge in [0.2, 0.25) is 0 Å². The average molecular weight is 307 g/mol. The molecule has 0 aliphatic carbocycles. The van der Waals surface area contributed by atoms with Crippen LogP contribution in [-0.4, -0.2) is 10.9 Å². The summed E-state index contributed by atoms with van der Waals surface area (Å²) in [5, 5.41) is 10.9. The van der Waals surface area contributed by atoms with E-state index in [1.165, 1.54) is 5.56 Å². The summed E-state index contributed by atoms with van der Waals surface area (Å²) in [6.07, 6.45) is 1.80. The fourth-order valence-corrected chi connectivity index (χ4v) is 2.99. The minimum atomic E-state index is -0.439. The van der Waals surface area contributed by atoms with Crippen LogP contribution in [0.5, 0.6) is 0 Å². The molecule has 0 radical (unpaired) electrons. The van der Waals surface area contributed by atoms with Gasteiger partial charge in [-0.1, -0.05) is 49.2 Å². The van der Waals surface area contributed by atoms with E-state index < -0.39 is 6.10 Å². The van der Waals surface area contributed by atoms with Crippen molar-refractivity contribution in [3.05, 3.63) is 64.7 Å². The number of benzene rings is 2. The molecule has 0 heterocycles. The lowest BCUT2D eigenvalue weighted by Crippen LogP contribution is -2.00. The van der Waals surface area contributed by atoms with E-state index in [9.17, 15) is 5.11 Å². The molecule has 20 heavy (non-hydrogen) atoms. The third-order valence-corrected chi connectivity index (χ3v) is 4.46. The lowest BCUT2D eigenvalue weighted by atomic mass is 10.1. The van der Waals surface area contributed by atoms with E-state index in [-0.39, 0.29) is 0 Å². The zero-order chi connectivity index (χ0) is 14.4. The topological polar surface area (TPSA) is 20.2 Å². The second kappa shape index (κ2) is 7.72. The highest BCUT2D eigenvalue weighted by molar-refractivity contribution is 7.99. The van der Waals surface area contributed by atoms with Gasteiger partial charge >= 0.3 is 0 Å². The standard InChI is InChI=1S/C17H19ClOS/c1-2-3-13-4-6-14(7-5-13)17(19)12-20-16-10-8-15(18)9-11-16/h4-11,17,19H,2-3,12H2,1H3. The molecule has 0 aliphatic rings. The zero-order valence-electron chi connectivity index (χ0n) is 11.6. The molecule has 1 atom stereocenters. The van der Waals surface area contributed by atoms with E-state index in [0.29, 0.717) is 5.75 Å². The van der Waals surface area contributed by atoms with Crippen molar-refractivity contribution in [1.82, 2.24) is 0 Å². The Hall–Kier alpha value is -0.960. The van der Waals surface area contributed by atoms with Crippen molar-refractivity contribution in [3.63, 3.8) is 0 Å². The van der Waals surface area contributed by atoms with Crippen LogP contribution in [0.2, 0.25) is 5.02 Å². The fourth-order valence-electron chi connectivity index (χ4n) is 2.00. The number of aryl methyl sites for hydroxylation is 1. The number of thioether (sulfide) groups is 1. The summed E-state index contributed by atoms with van der Waals surface area (Å²) in [4.78, 5) is 1.12. The first-order valence-corrected chi connectivity index (χ1v) is 8.20. The maximum Gasteiger partial charge on any atom is 0.0883 e. The van der Waals surface area contributed by atoms with Gasteiger partial charge in [-0.3, -0.25) is 0 Å². The van der Waals surface area contributed by atoms with Crippen LogP contribution in [0.15, 0.2) is 53.4 Å². The maximum absolute atomic E-state index is 10.2. The van der Waals surface area contributed by atoms with Crippen molar-refractivity contribution >= 4 is 23.4 Å². The Morgan fingerprint density at radius 3 is 2.30 bits per heavy atom. The summed E-state index contributed by atoms with van der Waals surface area (Å²) >= 11 is 7.49. The van der Waals surface area contributed by atoms with Crippen molar-refractivity contribution in [1.29, 1.82) is 0 Å². The summed E-state index contributed by atoms with van der Waals surface area (Å²) < 4.78 is 0. The lowest BCUT2D eigenvalue weighted by Gasteiger charge is -2.11. The molecular formula is C17H19ClOS. The highest BCUT2D eigenvalue weighted by Crippen LogP contribution is 2.26. The summed E-state index contributed by atoms with van der Waals surface area (Å²) in [6.45, 7) is 2.17. The predicted molar refractivity (Wildman–Crippen MR) is 87.6 cm³/mol. The van der Waals surface area contributed by atoms with Crippen LogP contribution >= 0.6 is 23.4 Å². The summed E-state index contributed by atoms with van der Waals surface area (Å²) in [7, 11) is 0. The first-order valence-electron chi connectivity index (χ1n) is 6.84. The molecule has 0 amide bonds. The van der Waals surface area contributed by atoms with Crippen molar-refractivity contribution < 1.29 is 5.11 Å². The van der Waals surface area contributed by atoms with Crippen LogP contribution in [-0.2, 0) is 6.42 Å². The Kier molecular flexibility index (Phi) is 5.96. The normalized spacial score (nSPS) is 12.3. The second-order valence-electron chi connectivity index (χ2n) is 4.77. The van der Waals surface area contributed by atoms with Gasteiger partial charge in [0.1, 0.15) is 0 Å². The monoisotopic (exact) mass is 306 g/mol. The molecule has 1 N–H and O–H groups in total. The Morgan fingerprint density at radius 2 is 1.70 bits per heavy atom. The molecule has 0 aromatic heterocycles. The van der Waals surface area contributed by atoms with Crippen LogP contribution in [0.4, 0.5) is 0 Å². The van der Waals surface area contributed by atoms with Gasteiger partial charge in [-0.2, -0.15) is 0 Å². The summed E-state index contributed by atoms with van der Waals surface area (Å²) in [6, 6.07) is 16.0. The third-order valence-electron chi connectivity index (χ3n) is 3.12. The first-order chi connectivity index (χ1) is 9.69. The molecule has 0 bridgehead atoms. The van der Waals surface area contributed by atoms with E-state index in [0.717, 1.165) is 28.3 Å². The molecule has 2 rings (SSSR count).